The Hall–Kier alpha value is -0.570. The van der Waals surface area contributed by atoms with Crippen molar-refractivity contribution in [2.24, 2.45) is 5.92 Å². The highest BCUT2D eigenvalue weighted by Crippen LogP contribution is 2.16. The Kier molecular flexibility index (Phi) is 4.13. The molecule has 3 nitrogen and oxygen atoms in total. The van der Waals surface area contributed by atoms with Gasteiger partial charge in [0.25, 0.3) is 0 Å². The molecule has 1 radical (unpaired) electrons. The van der Waals surface area contributed by atoms with E-state index >= 15 is 0 Å². The monoisotopic (exact) mass is 199 g/mol. The summed E-state index contributed by atoms with van der Waals surface area (Å²) in [5.41, 5.74) is 6.32. The van der Waals surface area contributed by atoms with Gasteiger partial charge in [0.2, 0.25) is 5.91 Å². The van der Waals surface area contributed by atoms with E-state index in [4.69, 9.17) is 5.73 Å². The van der Waals surface area contributed by atoms with Crippen LogP contribution in [0.2, 0.25) is 0 Å². The maximum absolute atomic E-state index is 11.6. The summed E-state index contributed by atoms with van der Waals surface area (Å²) in [5.74, 6) is 0.335. The Morgan fingerprint density at radius 1 is 1.29 bits per heavy atom. The van der Waals surface area contributed by atoms with E-state index in [2.05, 4.69) is 19.2 Å². The molecule has 0 saturated carbocycles. The molecule has 14 heavy (non-hydrogen) atoms. The summed E-state index contributed by atoms with van der Waals surface area (Å²) in [7, 11) is 0. The van der Waals surface area contributed by atoms with Gasteiger partial charge in [0.05, 0.1) is 0 Å². The molecule has 0 aliphatic heterocycles. The van der Waals surface area contributed by atoms with E-state index in [0.29, 0.717) is 5.92 Å². The van der Waals surface area contributed by atoms with Gasteiger partial charge < -0.3 is 5.32 Å². The fourth-order valence-corrected chi connectivity index (χ4v) is 1.54. The lowest BCUT2D eigenvalue weighted by molar-refractivity contribution is -0.127. The standard InChI is InChI=1S/C11H23N2O/c1-8(2)7-10(3,4)13-9(14)11(5,6)12/h8,12H,7H2,1-6H3,(H,13,14). The van der Waals surface area contributed by atoms with E-state index in [0.717, 1.165) is 6.42 Å². The summed E-state index contributed by atoms with van der Waals surface area (Å²) in [6.07, 6.45) is 0.925. The predicted octanol–water partition coefficient (Wildman–Crippen LogP) is 1.99. The third-order valence-electron chi connectivity index (χ3n) is 1.94. The summed E-state index contributed by atoms with van der Waals surface area (Å²) >= 11 is 0. The van der Waals surface area contributed by atoms with Gasteiger partial charge in [0, 0.05) is 5.54 Å². The van der Waals surface area contributed by atoms with Gasteiger partial charge in [-0.25, -0.2) is 5.73 Å². The van der Waals surface area contributed by atoms with Crippen molar-refractivity contribution in [3.05, 3.63) is 0 Å². The van der Waals surface area contributed by atoms with Crippen molar-refractivity contribution in [3.63, 3.8) is 0 Å². The van der Waals surface area contributed by atoms with Crippen molar-refractivity contribution in [3.8, 4) is 0 Å². The van der Waals surface area contributed by atoms with Crippen molar-refractivity contribution < 1.29 is 4.79 Å². The molecule has 0 aromatic rings. The zero-order valence-corrected chi connectivity index (χ0v) is 10.2. The van der Waals surface area contributed by atoms with E-state index in [1.165, 1.54) is 0 Å². The van der Waals surface area contributed by atoms with Gasteiger partial charge in [0.15, 0.2) is 0 Å². The number of amides is 1. The van der Waals surface area contributed by atoms with Crippen LogP contribution in [-0.2, 0) is 4.79 Å². The van der Waals surface area contributed by atoms with Crippen molar-refractivity contribution in [1.82, 2.24) is 11.1 Å². The lowest BCUT2D eigenvalue weighted by atomic mass is 9.91. The van der Waals surface area contributed by atoms with Gasteiger partial charge in [-0.05, 0) is 40.0 Å². The van der Waals surface area contributed by atoms with E-state index in [-0.39, 0.29) is 11.4 Å². The molecular weight excluding hydrogens is 176 g/mol. The van der Waals surface area contributed by atoms with E-state index in [1.54, 1.807) is 13.8 Å². The Balaban J connectivity index is 4.30. The molecule has 3 heteroatoms. The molecule has 0 rings (SSSR count). The molecule has 0 aliphatic rings. The van der Waals surface area contributed by atoms with Crippen LogP contribution in [0.15, 0.2) is 0 Å². The van der Waals surface area contributed by atoms with Crippen LogP contribution < -0.4 is 11.1 Å². The fourth-order valence-electron chi connectivity index (χ4n) is 1.54. The van der Waals surface area contributed by atoms with Crippen LogP contribution in [0.5, 0.6) is 0 Å². The van der Waals surface area contributed by atoms with Crippen molar-refractivity contribution in [2.45, 2.75) is 59.0 Å². The molecule has 0 fully saturated rings. The molecule has 0 atom stereocenters. The minimum absolute atomic E-state index is 0.205. The number of hydrogen-bond acceptors (Lipinski definition) is 1. The zero-order valence-electron chi connectivity index (χ0n) is 10.2. The third kappa shape index (κ3) is 5.22. The largest absolute Gasteiger partial charge is 0.350 e. The minimum Gasteiger partial charge on any atom is -0.350 e. The normalized spacial score (nSPS) is 13.1. The lowest BCUT2D eigenvalue weighted by Gasteiger charge is -2.31. The highest BCUT2D eigenvalue weighted by Gasteiger charge is 2.29. The zero-order chi connectivity index (χ0) is 11.6. The third-order valence-corrected chi connectivity index (χ3v) is 1.94. The maximum atomic E-state index is 11.6. The second-order valence-electron chi connectivity index (χ2n) is 5.56. The van der Waals surface area contributed by atoms with Crippen LogP contribution in [0.25, 0.3) is 0 Å². The minimum atomic E-state index is -1.05. The Morgan fingerprint density at radius 3 is 2.00 bits per heavy atom. The summed E-state index contributed by atoms with van der Waals surface area (Å²) in [6, 6.07) is 0. The summed E-state index contributed by atoms with van der Waals surface area (Å²) in [4.78, 5) is 11.6. The SMILES string of the molecule is CC(C)CC(C)(C)NC(=O)C(C)(C)[NH]. The molecule has 0 aliphatic carbocycles. The number of rotatable bonds is 4. The van der Waals surface area contributed by atoms with E-state index in [1.807, 2.05) is 13.8 Å². The molecule has 0 bridgehead atoms. The first-order chi connectivity index (χ1) is 6.04. The lowest BCUT2D eigenvalue weighted by Crippen LogP contribution is -2.52. The Bertz CT molecular complexity index is 202. The summed E-state index contributed by atoms with van der Waals surface area (Å²) in [5, 5.41) is 2.90. The molecule has 0 unspecified atom stereocenters. The Labute approximate surface area is 87.4 Å². The average molecular weight is 199 g/mol. The molecule has 0 heterocycles. The van der Waals surface area contributed by atoms with Gasteiger partial charge in [0.1, 0.15) is 5.54 Å². The van der Waals surface area contributed by atoms with E-state index < -0.39 is 5.54 Å². The van der Waals surface area contributed by atoms with Crippen LogP contribution in [0.3, 0.4) is 0 Å². The van der Waals surface area contributed by atoms with Gasteiger partial charge in [-0.3, -0.25) is 4.79 Å². The molecule has 0 saturated heterocycles. The second-order valence-corrected chi connectivity index (χ2v) is 5.56. The van der Waals surface area contributed by atoms with Crippen LogP contribution in [-0.4, -0.2) is 17.0 Å². The predicted molar refractivity (Wildman–Crippen MR) is 58.9 cm³/mol. The van der Waals surface area contributed by atoms with Crippen LogP contribution in [0.1, 0.15) is 48.0 Å². The smallest absolute Gasteiger partial charge is 0.241 e. The first-order valence-corrected chi connectivity index (χ1v) is 5.12. The molecule has 0 aromatic carbocycles. The number of carbonyl (C=O) groups is 1. The Morgan fingerprint density at radius 2 is 1.71 bits per heavy atom. The van der Waals surface area contributed by atoms with Crippen LogP contribution in [0.4, 0.5) is 0 Å². The second kappa shape index (κ2) is 4.30. The molecule has 2 N–H and O–H groups in total. The highest BCUT2D eigenvalue weighted by molar-refractivity contribution is 5.85. The molecule has 1 amide bonds. The van der Waals surface area contributed by atoms with Gasteiger partial charge in [-0.2, -0.15) is 0 Å². The number of carbonyl (C=O) groups excluding carboxylic acids is 1. The average Bonchev–Trinajstić information content (AvgIpc) is 1.79. The fraction of sp³-hybridized carbons (Fsp3) is 0.909. The molecule has 83 valence electrons. The first kappa shape index (κ1) is 13.4. The van der Waals surface area contributed by atoms with Gasteiger partial charge in [-0.15, -0.1) is 0 Å². The van der Waals surface area contributed by atoms with Crippen molar-refractivity contribution in [1.29, 1.82) is 0 Å². The van der Waals surface area contributed by atoms with Crippen LogP contribution >= 0.6 is 0 Å². The van der Waals surface area contributed by atoms with Gasteiger partial charge in [-0.1, -0.05) is 13.8 Å². The number of nitrogens with one attached hydrogen (secondary N) is 2. The van der Waals surface area contributed by atoms with E-state index in [9.17, 15) is 4.79 Å². The number of hydrogen-bond donors (Lipinski definition) is 1. The molecule has 0 spiro atoms. The summed E-state index contributed by atoms with van der Waals surface area (Å²) < 4.78 is 0. The molecular formula is C11H23N2O. The molecule has 0 aromatic heterocycles. The highest BCUT2D eigenvalue weighted by atomic mass is 16.2. The van der Waals surface area contributed by atoms with Gasteiger partial charge >= 0.3 is 0 Å². The van der Waals surface area contributed by atoms with Crippen LogP contribution in [0, 0.1) is 5.92 Å². The van der Waals surface area contributed by atoms with Crippen molar-refractivity contribution in [2.75, 3.05) is 0 Å². The summed E-state index contributed by atoms with van der Waals surface area (Å²) in [6.45, 7) is 11.5. The topological polar surface area (TPSA) is 52.9 Å². The maximum Gasteiger partial charge on any atom is 0.241 e. The van der Waals surface area contributed by atoms with Crippen molar-refractivity contribution >= 4 is 5.91 Å². The quantitative estimate of drug-likeness (QED) is 0.739. The first-order valence-electron chi connectivity index (χ1n) is 5.12.